The number of piperidine rings is 1. The molecule has 5 rings (SSSR count). The molecule has 3 saturated heterocycles. The molecule has 0 radical (unpaired) electrons. The van der Waals surface area contributed by atoms with Gasteiger partial charge in [-0.05, 0) is 73.7 Å². The molecule has 0 bridgehead atoms. The van der Waals surface area contributed by atoms with Gasteiger partial charge in [0.05, 0.1) is 0 Å². The minimum absolute atomic E-state index is 0.211. The Morgan fingerprint density at radius 2 is 1.43 bits per heavy atom. The van der Waals surface area contributed by atoms with Crippen LogP contribution in [0.1, 0.15) is 50.2 Å². The highest BCUT2D eigenvalue weighted by Crippen LogP contribution is 2.43. The Labute approximate surface area is 230 Å². The van der Waals surface area contributed by atoms with Crippen molar-refractivity contribution in [2.45, 2.75) is 56.6 Å². The average molecular weight is 559 g/mol. The van der Waals surface area contributed by atoms with Crippen molar-refractivity contribution in [1.82, 2.24) is 9.80 Å². The van der Waals surface area contributed by atoms with Crippen LogP contribution < -0.4 is 0 Å². The van der Waals surface area contributed by atoms with E-state index < -0.39 is 47.3 Å². The maximum absolute atomic E-state index is 13.7. The number of nitrogens with zero attached hydrogens (tertiary/aromatic N) is 2. The number of amides is 1. The quantitative estimate of drug-likeness (QED) is 0.367. The standard InChI is InChI=1S/C29H32F2N2O7/c1-2-3-15-33-27(36)38-24(29(33)39-25(34)26(35)40-29)14-18-32-16-12-21(13-17-32)28(37,19-4-8-22(30)9-5-19)20-6-10-23(31)11-7-20/h4-11,21,24,37H,2-3,12-18H2,1H3. The molecule has 1 spiro atoms. The highest BCUT2D eigenvalue weighted by atomic mass is 19.1. The van der Waals surface area contributed by atoms with E-state index >= 15 is 0 Å². The molecule has 11 heteroatoms. The first-order valence-corrected chi connectivity index (χ1v) is 13.6. The molecule has 0 aromatic heterocycles. The maximum Gasteiger partial charge on any atom is 0.422 e. The number of hydrogen-bond acceptors (Lipinski definition) is 8. The van der Waals surface area contributed by atoms with E-state index in [4.69, 9.17) is 14.2 Å². The van der Waals surface area contributed by atoms with Crippen LogP contribution in [0.4, 0.5) is 13.6 Å². The lowest BCUT2D eigenvalue weighted by Gasteiger charge is -2.42. The van der Waals surface area contributed by atoms with Crippen LogP contribution in [0.25, 0.3) is 0 Å². The Bertz CT molecular complexity index is 1180. The van der Waals surface area contributed by atoms with E-state index in [1.165, 1.54) is 29.2 Å². The van der Waals surface area contributed by atoms with Crippen LogP contribution in [0, 0.1) is 17.6 Å². The van der Waals surface area contributed by atoms with Gasteiger partial charge in [0.2, 0.25) is 6.10 Å². The van der Waals surface area contributed by atoms with Crippen molar-refractivity contribution in [2.75, 3.05) is 26.2 Å². The van der Waals surface area contributed by atoms with Gasteiger partial charge in [-0.1, -0.05) is 37.6 Å². The largest absolute Gasteiger partial charge is 0.435 e. The Morgan fingerprint density at radius 1 is 0.900 bits per heavy atom. The average Bonchev–Trinajstić information content (AvgIpc) is 3.39. The highest BCUT2D eigenvalue weighted by molar-refractivity contribution is 6.31. The fourth-order valence-corrected chi connectivity index (χ4v) is 5.90. The van der Waals surface area contributed by atoms with Crippen molar-refractivity contribution in [3.63, 3.8) is 0 Å². The molecule has 2 aromatic rings. The summed E-state index contributed by atoms with van der Waals surface area (Å²) in [4.78, 5) is 39.8. The Morgan fingerprint density at radius 3 is 1.93 bits per heavy atom. The third kappa shape index (κ3) is 5.03. The van der Waals surface area contributed by atoms with Gasteiger partial charge in [0.15, 0.2) is 0 Å². The minimum atomic E-state index is -1.90. The van der Waals surface area contributed by atoms with E-state index in [0.29, 0.717) is 50.0 Å². The van der Waals surface area contributed by atoms with Crippen LogP contribution >= 0.6 is 0 Å². The zero-order chi connectivity index (χ0) is 28.5. The molecule has 3 fully saturated rings. The molecular weight excluding hydrogens is 526 g/mol. The van der Waals surface area contributed by atoms with E-state index in [0.717, 1.165) is 6.42 Å². The second-order valence-corrected chi connectivity index (χ2v) is 10.5. The molecule has 2 aromatic carbocycles. The summed E-state index contributed by atoms with van der Waals surface area (Å²) in [6.45, 7) is 3.77. The van der Waals surface area contributed by atoms with E-state index in [9.17, 15) is 28.3 Å². The number of carbonyl (C=O) groups is 3. The number of carbonyl (C=O) groups excluding carboxylic acids is 3. The summed E-state index contributed by atoms with van der Waals surface area (Å²) >= 11 is 0. The molecule has 1 N–H and O–H groups in total. The normalized spacial score (nSPS) is 21.6. The molecule has 3 aliphatic heterocycles. The fourth-order valence-electron chi connectivity index (χ4n) is 5.90. The first-order valence-electron chi connectivity index (χ1n) is 13.6. The number of likely N-dealkylation sites (tertiary alicyclic amines) is 1. The van der Waals surface area contributed by atoms with Crippen molar-refractivity contribution < 1.29 is 42.5 Å². The van der Waals surface area contributed by atoms with Gasteiger partial charge in [-0.3, -0.25) is 0 Å². The Kier molecular flexibility index (Phi) is 7.78. The zero-order valence-electron chi connectivity index (χ0n) is 22.2. The molecule has 3 heterocycles. The Balaban J connectivity index is 1.28. The zero-order valence-corrected chi connectivity index (χ0v) is 22.2. The lowest BCUT2D eigenvalue weighted by molar-refractivity contribution is -0.246. The van der Waals surface area contributed by atoms with Gasteiger partial charge in [0.25, 0.3) is 0 Å². The van der Waals surface area contributed by atoms with Gasteiger partial charge in [0.1, 0.15) is 17.2 Å². The molecular formula is C29H32F2N2O7. The predicted octanol–water partition coefficient (Wildman–Crippen LogP) is 3.68. The lowest BCUT2D eigenvalue weighted by atomic mass is 9.72. The van der Waals surface area contributed by atoms with E-state index in [2.05, 4.69) is 4.90 Å². The van der Waals surface area contributed by atoms with Gasteiger partial charge in [-0.2, -0.15) is 0 Å². The summed E-state index contributed by atoms with van der Waals surface area (Å²) in [7, 11) is 0. The molecule has 214 valence electrons. The van der Waals surface area contributed by atoms with Crippen molar-refractivity contribution >= 4 is 18.0 Å². The third-order valence-corrected chi connectivity index (χ3v) is 8.08. The van der Waals surface area contributed by atoms with Crippen LogP contribution in [0.2, 0.25) is 0 Å². The summed E-state index contributed by atoms with van der Waals surface area (Å²) in [5.41, 5.74) is -0.406. The van der Waals surface area contributed by atoms with Crippen LogP contribution in [-0.2, 0) is 29.4 Å². The number of unbranched alkanes of at least 4 members (excludes halogenated alkanes) is 1. The van der Waals surface area contributed by atoms with Gasteiger partial charge < -0.3 is 24.2 Å². The number of hydrogen-bond donors (Lipinski definition) is 1. The number of benzene rings is 2. The summed E-state index contributed by atoms with van der Waals surface area (Å²) in [6.07, 6.45) is 1.09. The molecule has 0 saturated carbocycles. The van der Waals surface area contributed by atoms with Crippen LogP contribution in [-0.4, -0.2) is 71.1 Å². The minimum Gasteiger partial charge on any atom is -0.435 e. The summed E-state index contributed by atoms with van der Waals surface area (Å²) in [5, 5.41) is 12.0. The Hall–Kier alpha value is -3.57. The number of rotatable bonds is 9. The molecule has 1 unspecified atom stereocenters. The van der Waals surface area contributed by atoms with Crippen molar-refractivity contribution in [3.8, 4) is 0 Å². The van der Waals surface area contributed by atoms with E-state index in [1.54, 1.807) is 24.3 Å². The maximum atomic E-state index is 13.7. The summed E-state index contributed by atoms with van der Waals surface area (Å²) < 4.78 is 43.4. The highest BCUT2D eigenvalue weighted by Gasteiger charge is 2.66. The van der Waals surface area contributed by atoms with Crippen molar-refractivity contribution in [3.05, 3.63) is 71.3 Å². The first-order chi connectivity index (χ1) is 19.2. The fraction of sp³-hybridized carbons (Fsp3) is 0.483. The van der Waals surface area contributed by atoms with Crippen LogP contribution in [0.15, 0.2) is 48.5 Å². The van der Waals surface area contributed by atoms with E-state index in [1.807, 2.05) is 6.92 Å². The lowest BCUT2D eigenvalue weighted by Crippen LogP contribution is -2.54. The first kappa shape index (κ1) is 28.0. The van der Waals surface area contributed by atoms with Gasteiger partial charge in [-0.15, -0.1) is 0 Å². The summed E-state index contributed by atoms with van der Waals surface area (Å²) in [5.74, 6) is -5.30. The molecule has 40 heavy (non-hydrogen) atoms. The second kappa shape index (κ2) is 11.1. The number of aliphatic hydroxyl groups is 1. The molecule has 0 aliphatic carbocycles. The third-order valence-electron chi connectivity index (χ3n) is 8.08. The van der Waals surface area contributed by atoms with Crippen molar-refractivity contribution in [2.24, 2.45) is 5.92 Å². The second-order valence-electron chi connectivity index (χ2n) is 10.5. The molecule has 1 amide bonds. The van der Waals surface area contributed by atoms with Gasteiger partial charge >= 0.3 is 23.9 Å². The smallest absolute Gasteiger partial charge is 0.422 e. The van der Waals surface area contributed by atoms with Crippen LogP contribution in [0.3, 0.4) is 0 Å². The van der Waals surface area contributed by atoms with Crippen molar-refractivity contribution in [1.29, 1.82) is 0 Å². The SMILES string of the molecule is CCCCN1C(=O)OC(CCN2CCC(C(O)(c3ccc(F)cc3)c3ccc(F)cc3)CC2)C12OC(=O)C(=O)O2. The number of cyclic esters (lactones) is 1. The monoisotopic (exact) mass is 558 g/mol. The molecule has 9 nitrogen and oxygen atoms in total. The number of esters is 2. The predicted molar refractivity (Wildman–Crippen MR) is 136 cm³/mol. The topological polar surface area (TPSA) is 106 Å². The van der Waals surface area contributed by atoms with Gasteiger partial charge in [-0.25, -0.2) is 28.1 Å². The molecule has 1 atom stereocenters. The summed E-state index contributed by atoms with van der Waals surface area (Å²) in [6, 6.07) is 11.4. The number of halogens is 2. The molecule has 3 aliphatic rings. The van der Waals surface area contributed by atoms with E-state index in [-0.39, 0.29) is 18.9 Å². The van der Waals surface area contributed by atoms with Crippen LogP contribution in [0.5, 0.6) is 0 Å². The number of ether oxygens (including phenoxy) is 3. The van der Waals surface area contributed by atoms with Gasteiger partial charge in [0, 0.05) is 19.5 Å².